The molecule has 0 fully saturated rings. The highest BCUT2D eigenvalue weighted by molar-refractivity contribution is 7.15. The van der Waals surface area contributed by atoms with Crippen molar-refractivity contribution in [1.82, 2.24) is 24.4 Å². The molecule has 0 unspecified atom stereocenters. The van der Waals surface area contributed by atoms with Gasteiger partial charge in [-0.15, -0.1) is 11.3 Å². The number of rotatable bonds is 6. The highest BCUT2D eigenvalue weighted by Crippen LogP contribution is 2.34. The van der Waals surface area contributed by atoms with Crippen molar-refractivity contribution in [2.24, 2.45) is 0 Å². The van der Waals surface area contributed by atoms with Crippen LogP contribution >= 0.6 is 22.9 Å². The van der Waals surface area contributed by atoms with Crippen molar-refractivity contribution >= 4 is 40.3 Å². The van der Waals surface area contributed by atoms with Gasteiger partial charge in [-0.2, -0.15) is 23.4 Å². The summed E-state index contributed by atoms with van der Waals surface area (Å²) < 4.78 is 44.0. The first-order chi connectivity index (χ1) is 17.6. The van der Waals surface area contributed by atoms with Crippen molar-refractivity contribution in [3.8, 4) is 10.6 Å². The van der Waals surface area contributed by atoms with Gasteiger partial charge < -0.3 is 5.32 Å². The van der Waals surface area contributed by atoms with Gasteiger partial charge >= 0.3 is 6.18 Å². The van der Waals surface area contributed by atoms with E-state index in [4.69, 9.17) is 11.6 Å². The van der Waals surface area contributed by atoms with Crippen molar-refractivity contribution in [2.75, 3.05) is 5.32 Å². The zero-order chi connectivity index (χ0) is 26.3. The van der Waals surface area contributed by atoms with Crippen molar-refractivity contribution in [3.63, 3.8) is 0 Å². The Morgan fingerprint density at radius 3 is 2.51 bits per heavy atom. The molecule has 4 aromatic heterocycles. The summed E-state index contributed by atoms with van der Waals surface area (Å²) in [6.07, 6.45) is -3.93. The molecule has 1 aromatic carbocycles. The molecule has 0 saturated carbocycles. The lowest BCUT2D eigenvalue weighted by Gasteiger charge is -2.10. The molecule has 0 atom stereocenters. The molecule has 37 heavy (non-hydrogen) atoms. The van der Waals surface area contributed by atoms with Crippen LogP contribution in [0.3, 0.4) is 0 Å². The Morgan fingerprint density at radius 2 is 1.84 bits per heavy atom. The Labute approximate surface area is 218 Å². The molecule has 1 amide bonds. The zero-order valence-corrected chi connectivity index (χ0v) is 21.2. The Balaban J connectivity index is 1.43. The lowest BCUT2D eigenvalue weighted by molar-refractivity contribution is -0.142. The molecule has 0 spiro atoms. The molecule has 5 aromatic rings. The summed E-state index contributed by atoms with van der Waals surface area (Å²) in [4.78, 5) is 18.9. The molecule has 0 radical (unpaired) electrons. The van der Waals surface area contributed by atoms with Crippen LogP contribution in [0.15, 0.2) is 54.6 Å². The van der Waals surface area contributed by atoms with Crippen molar-refractivity contribution < 1.29 is 18.0 Å². The van der Waals surface area contributed by atoms with E-state index in [1.54, 1.807) is 28.9 Å². The van der Waals surface area contributed by atoms with E-state index in [0.717, 1.165) is 28.6 Å². The second-order valence-corrected chi connectivity index (χ2v) is 9.96. The Bertz CT molecular complexity index is 1600. The number of fused-ring (bicyclic) bond motifs is 1. The van der Waals surface area contributed by atoms with Crippen LogP contribution in [0.1, 0.15) is 39.2 Å². The summed E-state index contributed by atoms with van der Waals surface area (Å²) >= 11 is 7.31. The minimum absolute atomic E-state index is 0.0779. The number of hydrogen-bond acceptors (Lipinski definition) is 5. The summed E-state index contributed by atoms with van der Waals surface area (Å²) in [5.41, 5.74) is 0.626. The molecule has 0 aliphatic heterocycles. The van der Waals surface area contributed by atoms with Crippen molar-refractivity contribution in [3.05, 3.63) is 87.1 Å². The number of nitrogens with one attached hydrogen (secondary N) is 1. The van der Waals surface area contributed by atoms with Crippen LogP contribution in [0.5, 0.6) is 0 Å². The van der Waals surface area contributed by atoms with Gasteiger partial charge in [0.1, 0.15) is 0 Å². The first-order valence-electron chi connectivity index (χ1n) is 11.3. The van der Waals surface area contributed by atoms with E-state index in [9.17, 15) is 18.0 Å². The number of halogens is 4. The van der Waals surface area contributed by atoms with E-state index >= 15 is 0 Å². The first kappa shape index (κ1) is 25.0. The maximum atomic E-state index is 13.9. The topological polar surface area (TPSA) is 77.1 Å². The molecular formula is C25H20ClF3N6OS. The monoisotopic (exact) mass is 544 g/mol. The van der Waals surface area contributed by atoms with E-state index in [-0.39, 0.29) is 22.9 Å². The van der Waals surface area contributed by atoms with Gasteiger partial charge in [-0.1, -0.05) is 30.7 Å². The van der Waals surface area contributed by atoms with Gasteiger partial charge in [0, 0.05) is 27.7 Å². The molecule has 0 aliphatic rings. The van der Waals surface area contributed by atoms with E-state index < -0.39 is 17.8 Å². The molecule has 12 heteroatoms. The van der Waals surface area contributed by atoms with E-state index in [1.165, 1.54) is 17.4 Å². The molecular weight excluding hydrogens is 525 g/mol. The summed E-state index contributed by atoms with van der Waals surface area (Å²) in [5, 5.41) is 11.5. The third kappa shape index (κ3) is 5.23. The number of amides is 1. The molecule has 190 valence electrons. The number of thiophene rings is 1. The lowest BCUT2D eigenvalue weighted by atomic mass is 10.2. The van der Waals surface area contributed by atoms with Gasteiger partial charge in [-0.05, 0) is 49.2 Å². The molecule has 0 saturated heterocycles. The zero-order valence-electron chi connectivity index (χ0n) is 19.7. The Morgan fingerprint density at radius 1 is 1.08 bits per heavy atom. The molecule has 0 bridgehead atoms. The number of carbonyl (C=O) groups is 1. The van der Waals surface area contributed by atoms with Crippen LogP contribution in [0.4, 0.5) is 19.0 Å². The summed E-state index contributed by atoms with van der Waals surface area (Å²) in [6, 6.07) is 14.8. The fraction of sp³-hybridized carbons (Fsp3) is 0.200. The average molecular weight is 545 g/mol. The second kappa shape index (κ2) is 9.64. The average Bonchev–Trinajstić information content (AvgIpc) is 3.57. The predicted octanol–water partition coefficient (Wildman–Crippen LogP) is 6.50. The summed E-state index contributed by atoms with van der Waals surface area (Å²) in [7, 11) is 0. The number of nitrogens with zero attached hydrogens (tertiary/aromatic N) is 5. The third-order valence-electron chi connectivity index (χ3n) is 5.68. The van der Waals surface area contributed by atoms with Gasteiger partial charge in [-0.3, -0.25) is 9.48 Å². The lowest BCUT2D eigenvalue weighted by Crippen LogP contribution is -2.16. The van der Waals surface area contributed by atoms with Crippen LogP contribution in [-0.4, -0.2) is 30.3 Å². The maximum Gasteiger partial charge on any atom is 0.433 e. The van der Waals surface area contributed by atoms with Crippen LogP contribution in [0, 0.1) is 6.92 Å². The van der Waals surface area contributed by atoms with Gasteiger partial charge in [0.15, 0.2) is 22.9 Å². The fourth-order valence-electron chi connectivity index (χ4n) is 3.79. The summed E-state index contributed by atoms with van der Waals surface area (Å²) in [5.74, 6) is -0.440. The van der Waals surface area contributed by atoms with E-state index in [2.05, 4.69) is 20.5 Å². The number of alkyl halides is 3. The first-order valence-corrected chi connectivity index (χ1v) is 12.5. The van der Waals surface area contributed by atoms with Crippen LogP contribution in [0.2, 0.25) is 5.02 Å². The molecule has 4 heterocycles. The third-order valence-corrected chi connectivity index (χ3v) is 7.19. The number of hydrogen-bond donors (Lipinski definition) is 1. The van der Waals surface area contributed by atoms with Crippen LogP contribution in [0.25, 0.3) is 16.2 Å². The van der Waals surface area contributed by atoms with Crippen LogP contribution in [-0.2, 0) is 19.1 Å². The second-order valence-electron chi connectivity index (χ2n) is 8.35. The molecule has 0 aliphatic carbocycles. The largest absolute Gasteiger partial charge is 0.433 e. The number of anilines is 1. The van der Waals surface area contributed by atoms with Crippen LogP contribution < -0.4 is 5.32 Å². The number of aryl methyl sites for hydroxylation is 2. The van der Waals surface area contributed by atoms with Gasteiger partial charge in [0.2, 0.25) is 0 Å². The Hall–Kier alpha value is -3.70. The normalized spacial score (nSPS) is 11.8. The minimum Gasteiger partial charge on any atom is -0.304 e. The smallest absolute Gasteiger partial charge is 0.304 e. The molecule has 7 nitrogen and oxygen atoms in total. The molecule has 1 N–H and O–H groups in total. The number of benzene rings is 1. The number of carbonyl (C=O) groups excluding carboxylic acids is 1. The summed E-state index contributed by atoms with van der Waals surface area (Å²) in [6.45, 7) is 4.26. The maximum absolute atomic E-state index is 13.9. The Kier molecular flexibility index (Phi) is 6.50. The van der Waals surface area contributed by atoms with E-state index in [1.807, 2.05) is 32.0 Å². The quantitative estimate of drug-likeness (QED) is 0.265. The SMILES string of the molecule is CCc1ccc(-c2cc(C(F)(F)F)n3nc(C(=O)Nc4cc(C)n(Cc5ccc(Cl)cc5)n4)cc3n2)s1. The van der Waals surface area contributed by atoms with Gasteiger partial charge in [0.05, 0.1) is 17.1 Å². The predicted molar refractivity (Wildman–Crippen MR) is 136 cm³/mol. The molecule has 5 rings (SSSR count). The fourth-order valence-corrected chi connectivity index (χ4v) is 4.83. The van der Waals surface area contributed by atoms with Crippen molar-refractivity contribution in [1.29, 1.82) is 0 Å². The number of aromatic nitrogens is 5. The van der Waals surface area contributed by atoms with Gasteiger partial charge in [-0.25, -0.2) is 9.50 Å². The minimum atomic E-state index is -4.70. The highest BCUT2D eigenvalue weighted by Gasteiger charge is 2.36. The van der Waals surface area contributed by atoms with E-state index in [0.29, 0.717) is 21.0 Å². The highest BCUT2D eigenvalue weighted by atomic mass is 35.5. The standard InChI is InChI=1S/C25H20ClF3N6OS/c1-3-17-8-9-20(37-17)18-11-21(25(27,28)29)35-23(30-18)12-19(32-35)24(36)31-22-10-14(2)34(33-22)13-15-4-6-16(26)7-5-15/h4-12H,3,13H2,1-2H3,(H,31,33,36). The van der Waals surface area contributed by atoms with Gasteiger partial charge in [0.25, 0.3) is 5.91 Å². The van der Waals surface area contributed by atoms with Crippen molar-refractivity contribution in [2.45, 2.75) is 33.0 Å².